The summed E-state index contributed by atoms with van der Waals surface area (Å²) in [7, 11) is 0. The first-order valence-electron chi connectivity index (χ1n) is 9.26. The smallest absolute Gasteiger partial charge is 0.153 e. The zero-order valence-corrected chi connectivity index (χ0v) is 16.4. The molecule has 0 bridgehead atoms. The standard InChI is InChI=1S/C22H15ClFN5O/c23-17-8-20-13(7-18(17)24)3-4-29(20)22-16-6-12(1-2-19(16)27-11-28-22)14-5-15(10-30)21(25)26-9-14/h1-2,5-11H,3-4H2,(H2,25,26). The number of carbonyl (C=O) groups excluding carboxylic acids is 1. The molecule has 0 radical (unpaired) electrons. The molecule has 0 saturated heterocycles. The van der Waals surface area contributed by atoms with Gasteiger partial charge in [-0.15, -0.1) is 0 Å². The minimum atomic E-state index is -0.422. The quantitative estimate of drug-likeness (QED) is 0.489. The molecular weight excluding hydrogens is 405 g/mol. The Morgan fingerprint density at radius 2 is 1.97 bits per heavy atom. The second-order valence-corrected chi connectivity index (χ2v) is 7.45. The van der Waals surface area contributed by atoms with Crippen molar-refractivity contribution in [3.63, 3.8) is 0 Å². The van der Waals surface area contributed by atoms with Crippen LogP contribution in [0, 0.1) is 5.82 Å². The predicted molar refractivity (Wildman–Crippen MR) is 115 cm³/mol. The molecule has 30 heavy (non-hydrogen) atoms. The van der Waals surface area contributed by atoms with Crippen LogP contribution in [0.5, 0.6) is 0 Å². The lowest BCUT2D eigenvalue weighted by Gasteiger charge is -2.20. The van der Waals surface area contributed by atoms with Crippen LogP contribution in [-0.2, 0) is 6.42 Å². The number of fused-ring (bicyclic) bond motifs is 2. The van der Waals surface area contributed by atoms with Crippen LogP contribution in [0.4, 0.5) is 21.7 Å². The van der Waals surface area contributed by atoms with Crippen molar-refractivity contribution < 1.29 is 9.18 Å². The van der Waals surface area contributed by atoms with Gasteiger partial charge in [-0.2, -0.15) is 0 Å². The van der Waals surface area contributed by atoms with Crippen molar-refractivity contribution in [3.05, 3.63) is 70.9 Å². The second kappa shape index (κ2) is 7.03. The number of rotatable bonds is 3. The minimum Gasteiger partial charge on any atom is -0.383 e. The fourth-order valence-electron chi connectivity index (χ4n) is 3.78. The number of benzene rings is 2. The van der Waals surface area contributed by atoms with Gasteiger partial charge in [-0.25, -0.2) is 19.3 Å². The summed E-state index contributed by atoms with van der Waals surface area (Å²) >= 11 is 6.03. The van der Waals surface area contributed by atoms with Gasteiger partial charge in [0.15, 0.2) is 6.29 Å². The Kier molecular flexibility index (Phi) is 4.33. The van der Waals surface area contributed by atoms with Gasteiger partial charge in [0.25, 0.3) is 0 Å². The summed E-state index contributed by atoms with van der Waals surface area (Å²) in [5, 5.41) is 0.904. The first-order chi connectivity index (χ1) is 14.5. The Balaban J connectivity index is 1.66. The van der Waals surface area contributed by atoms with E-state index in [0.717, 1.165) is 33.3 Å². The number of pyridine rings is 1. The van der Waals surface area contributed by atoms with Gasteiger partial charge in [0.05, 0.1) is 16.1 Å². The minimum absolute atomic E-state index is 0.0778. The Labute approximate surface area is 176 Å². The topological polar surface area (TPSA) is 85.0 Å². The molecule has 1 aliphatic heterocycles. The number of hydrogen-bond acceptors (Lipinski definition) is 6. The summed E-state index contributed by atoms with van der Waals surface area (Å²) in [6.45, 7) is 0.657. The number of halogens is 2. The molecule has 1 aliphatic rings. The molecule has 2 aromatic heterocycles. The van der Waals surface area contributed by atoms with E-state index >= 15 is 0 Å². The average Bonchev–Trinajstić information content (AvgIpc) is 3.16. The van der Waals surface area contributed by atoms with E-state index in [9.17, 15) is 9.18 Å². The highest BCUT2D eigenvalue weighted by atomic mass is 35.5. The number of nitrogen functional groups attached to an aromatic ring is 1. The average molecular weight is 420 g/mol. The molecule has 0 atom stereocenters. The summed E-state index contributed by atoms with van der Waals surface area (Å²) in [5.41, 5.74) is 10.2. The molecule has 0 aliphatic carbocycles. The largest absolute Gasteiger partial charge is 0.383 e. The van der Waals surface area contributed by atoms with Gasteiger partial charge in [0.2, 0.25) is 0 Å². The van der Waals surface area contributed by atoms with Gasteiger partial charge < -0.3 is 10.6 Å². The highest BCUT2D eigenvalue weighted by Crippen LogP contribution is 2.39. The number of carbonyl (C=O) groups is 1. The van der Waals surface area contributed by atoms with Crippen LogP contribution in [-0.4, -0.2) is 27.8 Å². The third-order valence-corrected chi connectivity index (χ3v) is 5.59. The number of nitrogens with two attached hydrogens (primary N) is 1. The lowest BCUT2D eigenvalue weighted by atomic mass is 10.0. The van der Waals surface area contributed by atoms with E-state index in [1.807, 2.05) is 23.1 Å². The molecule has 0 unspecified atom stereocenters. The van der Waals surface area contributed by atoms with Crippen LogP contribution in [0.3, 0.4) is 0 Å². The number of anilines is 3. The van der Waals surface area contributed by atoms with E-state index in [2.05, 4.69) is 15.0 Å². The highest BCUT2D eigenvalue weighted by molar-refractivity contribution is 6.31. The molecule has 148 valence electrons. The van der Waals surface area contributed by atoms with Gasteiger partial charge in [-0.05, 0) is 47.9 Å². The molecule has 5 rings (SSSR count). The van der Waals surface area contributed by atoms with E-state index in [1.54, 1.807) is 18.3 Å². The molecule has 0 spiro atoms. The van der Waals surface area contributed by atoms with Gasteiger partial charge in [-0.3, -0.25) is 4.79 Å². The van der Waals surface area contributed by atoms with Gasteiger partial charge in [0, 0.05) is 29.4 Å². The van der Waals surface area contributed by atoms with Crippen molar-refractivity contribution >= 4 is 46.1 Å². The molecule has 6 nitrogen and oxygen atoms in total. The molecule has 0 amide bonds. The first kappa shape index (κ1) is 18.4. The van der Waals surface area contributed by atoms with E-state index in [1.165, 1.54) is 12.4 Å². The zero-order chi connectivity index (χ0) is 20.8. The van der Waals surface area contributed by atoms with Crippen LogP contribution < -0.4 is 10.6 Å². The van der Waals surface area contributed by atoms with E-state index in [0.29, 0.717) is 30.6 Å². The van der Waals surface area contributed by atoms with E-state index in [4.69, 9.17) is 17.3 Å². The predicted octanol–water partition coefficient (Wildman–Crippen LogP) is 4.57. The van der Waals surface area contributed by atoms with Crippen molar-refractivity contribution in [2.24, 2.45) is 0 Å². The van der Waals surface area contributed by atoms with Gasteiger partial charge >= 0.3 is 0 Å². The zero-order valence-electron chi connectivity index (χ0n) is 15.6. The summed E-state index contributed by atoms with van der Waals surface area (Å²) < 4.78 is 13.9. The van der Waals surface area contributed by atoms with Crippen LogP contribution in [0.1, 0.15) is 15.9 Å². The molecule has 8 heteroatoms. The molecule has 2 aromatic carbocycles. The summed E-state index contributed by atoms with van der Waals surface area (Å²) in [4.78, 5) is 26.2. The summed E-state index contributed by atoms with van der Waals surface area (Å²) in [5.74, 6) is 0.479. The Hall–Kier alpha value is -3.58. The Morgan fingerprint density at radius 1 is 1.10 bits per heavy atom. The summed E-state index contributed by atoms with van der Waals surface area (Å²) in [6, 6.07) is 10.6. The molecule has 0 saturated carbocycles. The lowest BCUT2D eigenvalue weighted by Crippen LogP contribution is -2.15. The fraction of sp³-hybridized carbons (Fsp3) is 0.0909. The van der Waals surface area contributed by atoms with Gasteiger partial charge in [0.1, 0.15) is 23.8 Å². The molecule has 2 N–H and O–H groups in total. The van der Waals surface area contributed by atoms with Crippen molar-refractivity contribution in [2.45, 2.75) is 6.42 Å². The van der Waals surface area contributed by atoms with Crippen molar-refractivity contribution in [1.29, 1.82) is 0 Å². The Bertz CT molecular complexity index is 1330. The van der Waals surface area contributed by atoms with E-state index < -0.39 is 5.82 Å². The van der Waals surface area contributed by atoms with Crippen LogP contribution in [0.25, 0.3) is 22.0 Å². The van der Waals surface area contributed by atoms with Crippen molar-refractivity contribution in [2.75, 3.05) is 17.2 Å². The van der Waals surface area contributed by atoms with Crippen LogP contribution in [0.15, 0.2) is 48.9 Å². The number of aldehydes is 1. The number of hydrogen-bond donors (Lipinski definition) is 1. The molecule has 3 heterocycles. The first-order valence-corrected chi connectivity index (χ1v) is 9.64. The van der Waals surface area contributed by atoms with Crippen molar-refractivity contribution in [1.82, 2.24) is 15.0 Å². The normalized spacial score (nSPS) is 12.9. The highest BCUT2D eigenvalue weighted by Gasteiger charge is 2.25. The van der Waals surface area contributed by atoms with E-state index in [-0.39, 0.29) is 10.8 Å². The Morgan fingerprint density at radius 3 is 2.80 bits per heavy atom. The second-order valence-electron chi connectivity index (χ2n) is 7.04. The lowest BCUT2D eigenvalue weighted by molar-refractivity contribution is 0.112. The van der Waals surface area contributed by atoms with Gasteiger partial charge in [-0.1, -0.05) is 17.7 Å². The maximum absolute atomic E-state index is 13.9. The molecular formula is C22H15ClFN5O. The maximum atomic E-state index is 13.9. The SMILES string of the molecule is Nc1ncc(-c2ccc3ncnc(N4CCc5cc(F)c(Cl)cc54)c3c2)cc1C=O. The monoisotopic (exact) mass is 419 g/mol. The third kappa shape index (κ3) is 2.95. The maximum Gasteiger partial charge on any atom is 0.153 e. The van der Waals surface area contributed by atoms with Crippen LogP contribution >= 0.6 is 11.6 Å². The molecule has 4 aromatic rings. The van der Waals surface area contributed by atoms with Crippen molar-refractivity contribution in [3.8, 4) is 11.1 Å². The van der Waals surface area contributed by atoms with Crippen LogP contribution in [0.2, 0.25) is 5.02 Å². The fourth-order valence-corrected chi connectivity index (χ4v) is 3.94. The number of aromatic nitrogens is 3. The summed E-state index contributed by atoms with van der Waals surface area (Å²) in [6.07, 6.45) is 4.51. The molecule has 0 fully saturated rings. The number of nitrogens with zero attached hydrogens (tertiary/aromatic N) is 4. The third-order valence-electron chi connectivity index (χ3n) is 5.30.